The smallest absolute Gasteiger partial charge is 0.228 e. The van der Waals surface area contributed by atoms with Gasteiger partial charge in [0, 0.05) is 11.6 Å². The lowest BCUT2D eigenvalue weighted by Crippen LogP contribution is -2.16. The molecule has 0 radical (unpaired) electrons. The zero-order valence-corrected chi connectivity index (χ0v) is 9.52. The van der Waals surface area contributed by atoms with Crippen molar-refractivity contribution in [2.24, 2.45) is 17.8 Å². The highest BCUT2D eigenvalue weighted by Gasteiger charge is 2.56. The van der Waals surface area contributed by atoms with Crippen molar-refractivity contribution in [2.45, 2.75) is 19.3 Å². The summed E-state index contributed by atoms with van der Waals surface area (Å²) in [5.74, 6) is 1.70. The lowest BCUT2D eigenvalue weighted by molar-refractivity contribution is -0.118. The molecule has 0 aromatic heterocycles. The van der Waals surface area contributed by atoms with Crippen molar-refractivity contribution in [3.05, 3.63) is 29.8 Å². The van der Waals surface area contributed by atoms with Crippen molar-refractivity contribution in [1.29, 1.82) is 5.26 Å². The van der Waals surface area contributed by atoms with E-state index < -0.39 is 0 Å². The van der Waals surface area contributed by atoms with Crippen LogP contribution >= 0.6 is 0 Å². The number of fused-ring (bicyclic) bond motifs is 1. The molecule has 0 saturated heterocycles. The molecule has 86 valence electrons. The molecule has 0 heterocycles. The first-order chi connectivity index (χ1) is 8.29. The minimum absolute atomic E-state index is 0.157. The molecule has 2 aliphatic rings. The summed E-state index contributed by atoms with van der Waals surface area (Å²) in [6, 6.07) is 9.09. The Morgan fingerprint density at radius 3 is 2.47 bits per heavy atom. The van der Waals surface area contributed by atoms with Gasteiger partial charge in [0.25, 0.3) is 0 Å². The zero-order valence-electron chi connectivity index (χ0n) is 9.52. The summed E-state index contributed by atoms with van der Waals surface area (Å²) < 4.78 is 0. The van der Waals surface area contributed by atoms with E-state index >= 15 is 0 Å². The lowest BCUT2D eigenvalue weighted by Gasteiger charge is -2.06. The molecule has 1 aromatic rings. The minimum atomic E-state index is 0.157. The second-order valence-electron chi connectivity index (χ2n) is 4.96. The third-order valence-electron chi connectivity index (χ3n) is 3.99. The number of benzene rings is 1. The molecule has 2 atom stereocenters. The highest BCUT2D eigenvalue weighted by molar-refractivity contribution is 5.95. The van der Waals surface area contributed by atoms with Gasteiger partial charge in [-0.25, -0.2) is 0 Å². The van der Waals surface area contributed by atoms with E-state index in [1.165, 1.54) is 19.3 Å². The SMILES string of the molecule is N#Cc1ccc(NC(=O)C2C3CCCC32)cc1. The number of carbonyl (C=O) groups is 1. The summed E-state index contributed by atoms with van der Waals surface area (Å²) in [5.41, 5.74) is 1.41. The molecule has 1 N–H and O–H groups in total. The number of amides is 1. The van der Waals surface area contributed by atoms with Gasteiger partial charge in [-0.1, -0.05) is 6.42 Å². The standard InChI is InChI=1S/C14H14N2O/c15-8-9-4-6-10(7-5-9)16-14(17)13-11-2-1-3-12(11)13/h4-7,11-13H,1-3H2,(H,16,17). The van der Waals surface area contributed by atoms with Crippen LogP contribution in [0, 0.1) is 29.1 Å². The third kappa shape index (κ3) is 1.80. The van der Waals surface area contributed by atoms with Crippen LogP contribution in [-0.4, -0.2) is 5.91 Å². The van der Waals surface area contributed by atoms with E-state index in [0.29, 0.717) is 17.4 Å². The average Bonchev–Trinajstić information content (AvgIpc) is 2.85. The molecule has 2 saturated carbocycles. The van der Waals surface area contributed by atoms with Gasteiger partial charge in [-0.15, -0.1) is 0 Å². The number of anilines is 1. The molecule has 1 aromatic carbocycles. The van der Waals surface area contributed by atoms with Crippen LogP contribution in [0.2, 0.25) is 0 Å². The Morgan fingerprint density at radius 2 is 1.88 bits per heavy atom. The summed E-state index contributed by atoms with van der Waals surface area (Å²) >= 11 is 0. The Morgan fingerprint density at radius 1 is 1.24 bits per heavy atom. The normalized spacial score (nSPS) is 29.2. The maximum absolute atomic E-state index is 12.0. The molecule has 3 heteroatoms. The van der Waals surface area contributed by atoms with Crippen molar-refractivity contribution in [1.82, 2.24) is 0 Å². The van der Waals surface area contributed by atoms with Gasteiger partial charge >= 0.3 is 0 Å². The Balaban J connectivity index is 1.63. The highest BCUT2D eigenvalue weighted by Crippen LogP contribution is 2.57. The number of rotatable bonds is 2. The molecule has 2 unspecified atom stereocenters. The maximum Gasteiger partial charge on any atom is 0.228 e. The molecule has 2 aliphatic carbocycles. The molecule has 0 aliphatic heterocycles. The predicted octanol–water partition coefficient (Wildman–Crippen LogP) is 2.54. The van der Waals surface area contributed by atoms with E-state index in [-0.39, 0.29) is 11.8 Å². The first kappa shape index (κ1) is 10.3. The fourth-order valence-electron chi connectivity index (χ4n) is 3.06. The fourth-order valence-corrected chi connectivity index (χ4v) is 3.06. The molecule has 1 amide bonds. The van der Waals surface area contributed by atoms with Gasteiger partial charge in [-0.3, -0.25) is 4.79 Å². The van der Waals surface area contributed by atoms with Gasteiger partial charge in [0.1, 0.15) is 0 Å². The van der Waals surface area contributed by atoms with Crippen LogP contribution < -0.4 is 5.32 Å². The fraction of sp³-hybridized carbons (Fsp3) is 0.429. The van der Waals surface area contributed by atoms with Crippen molar-refractivity contribution in [3.63, 3.8) is 0 Å². The van der Waals surface area contributed by atoms with Gasteiger partial charge in [0.05, 0.1) is 11.6 Å². The zero-order chi connectivity index (χ0) is 11.8. The summed E-state index contributed by atoms with van der Waals surface area (Å²) in [4.78, 5) is 12.0. The van der Waals surface area contributed by atoms with Gasteiger partial charge in [0.15, 0.2) is 0 Å². The van der Waals surface area contributed by atoms with Crippen LogP contribution in [0.25, 0.3) is 0 Å². The molecule has 2 fully saturated rings. The molecule has 3 rings (SSSR count). The largest absolute Gasteiger partial charge is 0.326 e. The van der Waals surface area contributed by atoms with Crippen molar-refractivity contribution >= 4 is 11.6 Å². The van der Waals surface area contributed by atoms with Crippen molar-refractivity contribution in [3.8, 4) is 6.07 Å². The van der Waals surface area contributed by atoms with E-state index in [2.05, 4.69) is 11.4 Å². The average molecular weight is 226 g/mol. The van der Waals surface area contributed by atoms with Gasteiger partial charge in [0.2, 0.25) is 5.91 Å². The van der Waals surface area contributed by atoms with E-state index in [4.69, 9.17) is 5.26 Å². The van der Waals surface area contributed by atoms with Gasteiger partial charge in [-0.2, -0.15) is 5.26 Å². The second-order valence-corrected chi connectivity index (χ2v) is 4.96. The van der Waals surface area contributed by atoms with E-state index in [9.17, 15) is 4.79 Å². The number of nitriles is 1. The summed E-state index contributed by atoms with van der Waals surface area (Å²) in [7, 11) is 0. The van der Waals surface area contributed by atoms with E-state index in [0.717, 1.165) is 5.69 Å². The van der Waals surface area contributed by atoms with Crippen LogP contribution in [0.3, 0.4) is 0 Å². The topological polar surface area (TPSA) is 52.9 Å². The highest BCUT2D eigenvalue weighted by atomic mass is 16.2. The van der Waals surface area contributed by atoms with Crippen LogP contribution in [0.5, 0.6) is 0 Å². The number of hydrogen-bond acceptors (Lipinski definition) is 2. The maximum atomic E-state index is 12.0. The quantitative estimate of drug-likeness (QED) is 0.842. The molecule has 3 nitrogen and oxygen atoms in total. The number of nitrogens with one attached hydrogen (secondary N) is 1. The van der Waals surface area contributed by atoms with Crippen molar-refractivity contribution in [2.75, 3.05) is 5.32 Å². The number of nitrogens with zero attached hydrogens (tertiary/aromatic N) is 1. The predicted molar refractivity (Wildman–Crippen MR) is 64.1 cm³/mol. The van der Waals surface area contributed by atoms with Crippen molar-refractivity contribution < 1.29 is 4.79 Å². The van der Waals surface area contributed by atoms with Gasteiger partial charge < -0.3 is 5.32 Å². The Kier molecular flexibility index (Phi) is 2.36. The summed E-state index contributed by atoms with van der Waals surface area (Å²) in [6.07, 6.45) is 3.72. The molecule has 0 bridgehead atoms. The molecule has 17 heavy (non-hydrogen) atoms. The van der Waals surface area contributed by atoms with Crippen LogP contribution in [0.1, 0.15) is 24.8 Å². The molecule has 0 spiro atoms. The Bertz CT molecular complexity index is 476. The Labute approximate surface area is 100 Å². The minimum Gasteiger partial charge on any atom is -0.326 e. The van der Waals surface area contributed by atoms with Crippen LogP contribution in [-0.2, 0) is 4.79 Å². The Hall–Kier alpha value is -1.82. The molecular weight excluding hydrogens is 212 g/mol. The summed E-state index contributed by atoms with van der Waals surface area (Å²) in [5, 5.41) is 11.6. The third-order valence-corrected chi connectivity index (χ3v) is 3.99. The van der Waals surface area contributed by atoms with E-state index in [1.807, 2.05) is 0 Å². The van der Waals surface area contributed by atoms with Crippen LogP contribution in [0.15, 0.2) is 24.3 Å². The lowest BCUT2D eigenvalue weighted by atomic mass is 10.1. The second kappa shape index (κ2) is 3.89. The summed E-state index contributed by atoms with van der Waals surface area (Å²) in [6.45, 7) is 0. The van der Waals surface area contributed by atoms with E-state index in [1.54, 1.807) is 24.3 Å². The van der Waals surface area contributed by atoms with Crippen LogP contribution in [0.4, 0.5) is 5.69 Å². The first-order valence-corrected chi connectivity index (χ1v) is 6.10. The molecular formula is C14H14N2O. The number of carbonyl (C=O) groups excluding carboxylic acids is 1. The first-order valence-electron chi connectivity index (χ1n) is 6.10. The van der Waals surface area contributed by atoms with Gasteiger partial charge in [-0.05, 0) is 48.9 Å². The monoisotopic (exact) mass is 226 g/mol. The number of hydrogen-bond donors (Lipinski definition) is 1.